The Morgan fingerprint density at radius 1 is 1.57 bits per heavy atom. The maximum atomic E-state index is 11.2. The van der Waals surface area contributed by atoms with Gasteiger partial charge in [0, 0.05) is 36.0 Å². The highest BCUT2D eigenvalue weighted by atomic mass is 79.9. The smallest absolute Gasteiger partial charge is 0.242 e. The molecule has 1 heterocycles. The van der Waals surface area contributed by atoms with E-state index in [0.29, 0.717) is 6.73 Å². The third-order valence-corrected chi connectivity index (χ3v) is 4.80. The predicted octanol–water partition coefficient (Wildman–Crippen LogP) is 4.41. The van der Waals surface area contributed by atoms with Crippen LogP contribution in [0.3, 0.4) is 0 Å². The van der Waals surface area contributed by atoms with Gasteiger partial charge in [0.15, 0.2) is 0 Å². The van der Waals surface area contributed by atoms with Crippen molar-refractivity contribution in [2.75, 3.05) is 6.61 Å². The van der Waals surface area contributed by atoms with E-state index in [-0.39, 0.29) is 0 Å². The molecule has 0 aromatic carbocycles. The Labute approximate surface area is 133 Å². The third-order valence-electron chi connectivity index (χ3n) is 2.66. The zero-order valence-corrected chi connectivity index (χ0v) is 15.0. The van der Waals surface area contributed by atoms with Gasteiger partial charge in [-0.25, -0.2) is 0 Å². The van der Waals surface area contributed by atoms with E-state index in [4.69, 9.17) is 10.3 Å². The van der Waals surface area contributed by atoms with E-state index in [1.807, 2.05) is 16.8 Å². The number of carbonyl (C=O) groups excluding carboxylic acids is 1. The Bertz CT molecular complexity index is 571. The number of halogens is 1. The van der Waals surface area contributed by atoms with Crippen molar-refractivity contribution in [2.45, 2.75) is 32.4 Å². The summed E-state index contributed by atoms with van der Waals surface area (Å²) in [6.45, 7) is 8.06. The summed E-state index contributed by atoms with van der Waals surface area (Å²) < 4.78 is 8.46. The lowest BCUT2D eigenvalue weighted by molar-refractivity contribution is -0.113. The highest BCUT2D eigenvalue weighted by Gasteiger charge is 2.12. The first-order valence-corrected chi connectivity index (χ1v) is 11.0. The number of hydrogen-bond donors (Lipinski definition) is 0. The number of ether oxygens (including phenoxy) is 1. The van der Waals surface area contributed by atoms with Crippen molar-refractivity contribution in [1.82, 2.24) is 4.57 Å². The molecule has 6 nitrogen and oxygen atoms in total. The molecule has 1 amide bonds. The summed E-state index contributed by atoms with van der Waals surface area (Å²) >= 11 is 3.39. The van der Waals surface area contributed by atoms with Crippen molar-refractivity contribution in [3.05, 3.63) is 38.9 Å². The second kappa shape index (κ2) is 8.19. The fourth-order valence-electron chi connectivity index (χ4n) is 1.52. The lowest BCUT2D eigenvalue weighted by Gasteiger charge is -2.16. The van der Waals surface area contributed by atoms with Gasteiger partial charge in [-0.3, -0.25) is 4.79 Å². The minimum absolute atomic E-state index is 0.422. The monoisotopic (exact) mass is 370 g/mol. The molecule has 0 aliphatic heterocycles. The molecule has 0 bridgehead atoms. The second-order valence-electron chi connectivity index (χ2n) is 5.76. The van der Waals surface area contributed by atoms with Crippen molar-refractivity contribution in [3.8, 4) is 0 Å². The molecule has 0 unspecified atom stereocenters. The van der Waals surface area contributed by atoms with Crippen LogP contribution in [-0.4, -0.2) is 25.2 Å². The molecule has 0 aliphatic carbocycles. The minimum Gasteiger partial charge on any atom is -0.361 e. The number of azide groups is 1. The molecule has 1 aromatic heterocycles. The Hall–Kier alpha value is -1.34. The summed E-state index contributed by atoms with van der Waals surface area (Å²) in [6, 6.07) is 2.97. The molecule has 8 heteroatoms. The molecule has 0 spiro atoms. The van der Waals surface area contributed by atoms with Crippen molar-refractivity contribution >= 4 is 36.0 Å². The van der Waals surface area contributed by atoms with Gasteiger partial charge in [0.25, 0.3) is 0 Å². The predicted molar refractivity (Wildman–Crippen MR) is 89.4 cm³/mol. The largest absolute Gasteiger partial charge is 0.361 e. The molecular formula is C13H19BrN4O2Si. The molecule has 0 aliphatic rings. The average Bonchev–Trinajstić information content (AvgIpc) is 2.72. The number of amides is 1. The van der Waals surface area contributed by atoms with Gasteiger partial charge < -0.3 is 9.30 Å². The molecule has 21 heavy (non-hydrogen) atoms. The molecule has 0 fully saturated rings. The first kappa shape index (κ1) is 17.7. The van der Waals surface area contributed by atoms with Crippen molar-refractivity contribution in [2.24, 2.45) is 5.11 Å². The average molecular weight is 371 g/mol. The number of carbonyl (C=O) groups is 1. The highest BCUT2D eigenvalue weighted by Crippen LogP contribution is 2.17. The van der Waals surface area contributed by atoms with Crippen LogP contribution in [0.4, 0.5) is 0 Å². The summed E-state index contributed by atoms with van der Waals surface area (Å²) in [5, 5.41) is 2.99. The molecule has 0 atom stereocenters. The molecule has 0 radical (unpaired) electrons. The number of rotatable bonds is 7. The van der Waals surface area contributed by atoms with E-state index in [1.165, 1.54) is 6.08 Å². The van der Waals surface area contributed by atoms with Crippen LogP contribution in [0.25, 0.3) is 16.5 Å². The third kappa shape index (κ3) is 7.28. The summed E-state index contributed by atoms with van der Waals surface area (Å²) in [5.74, 6) is -0.624. The van der Waals surface area contributed by atoms with Gasteiger partial charge in [-0.05, 0) is 50.8 Å². The highest BCUT2D eigenvalue weighted by molar-refractivity contribution is 9.10. The van der Waals surface area contributed by atoms with E-state index in [9.17, 15) is 4.79 Å². The lowest BCUT2D eigenvalue weighted by Crippen LogP contribution is -2.22. The van der Waals surface area contributed by atoms with Crippen LogP contribution in [0, 0.1) is 0 Å². The Morgan fingerprint density at radius 3 is 2.90 bits per heavy atom. The van der Waals surface area contributed by atoms with Crippen LogP contribution < -0.4 is 0 Å². The summed E-state index contributed by atoms with van der Waals surface area (Å²) in [5.41, 5.74) is 8.98. The van der Waals surface area contributed by atoms with Gasteiger partial charge in [-0.1, -0.05) is 19.6 Å². The fourth-order valence-corrected chi connectivity index (χ4v) is 2.75. The molecule has 1 aromatic rings. The van der Waals surface area contributed by atoms with Crippen LogP contribution in [0.15, 0.2) is 27.9 Å². The van der Waals surface area contributed by atoms with Crippen molar-refractivity contribution < 1.29 is 9.53 Å². The van der Waals surface area contributed by atoms with Crippen LogP contribution in [0.2, 0.25) is 25.7 Å². The Morgan fingerprint density at radius 2 is 2.29 bits per heavy atom. The van der Waals surface area contributed by atoms with Crippen LogP contribution in [0.5, 0.6) is 0 Å². The lowest BCUT2D eigenvalue weighted by atomic mass is 10.3. The van der Waals surface area contributed by atoms with E-state index in [1.54, 1.807) is 6.08 Å². The van der Waals surface area contributed by atoms with Crippen molar-refractivity contribution in [1.29, 1.82) is 0 Å². The normalized spacial score (nSPS) is 11.6. The maximum Gasteiger partial charge on any atom is 0.242 e. The van der Waals surface area contributed by atoms with Crippen LogP contribution in [0.1, 0.15) is 5.69 Å². The number of aromatic nitrogens is 1. The summed E-state index contributed by atoms with van der Waals surface area (Å²) in [6.07, 6.45) is 4.72. The maximum absolute atomic E-state index is 11.2. The van der Waals surface area contributed by atoms with Crippen LogP contribution in [-0.2, 0) is 16.3 Å². The zero-order valence-electron chi connectivity index (χ0n) is 12.4. The van der Waals surface area contributed by atoms with E-state index >= 15 is 0 Å². The van der Waals surface area contributed by atoms with E-state index in [2.05, 4.69) is 45.6 Å². The second-order valence-corrected chi connectivity index (χ2v) is 12.3. The summed E-state index contributed by atoms with van der Waals surface area (Å²) in [7, 11) is -1.09. The van der Waals surface area contributed by atoms with Crippen molar-refractivity contribution in [3.63, 3.8) is 0 Å². The standard InChI is InChI=1S/C13H19BrN4O2Si/c1-21(2,3)7-6-20-10-18-9-11(14)8-12(18)4-5-13(19)16-17-15/h4-5,8-9H,6-7,10H2,1-3H3. The number of hydrogen-bond acceptors (Lipinski definition) is 2. The fraction of sp³-hybridized carbons (Fsp3) is 0.462. The van der Waals surface area contributed by atoms with Gasteiger partial charge in [0.1, 0.15) is 6.73 Å². The molecule has 0 saturated heterocycles. The minimum atomic E-state index is -1.09. The van der Waals surface area contributed by atoms with Gasteiger partial charge in [0.05, 0.1) is 0 Å². The van der Waals surface area contributed by atoms with Gasteiger partial charge in [0.2, 0.25) is 5.91 Å². The zero-order chi connectivity index (χ0) is 15.9. The first-order valence-electron chi connectivity index (χ1n) is 6.52. The molecule has 1 rings (SSSR count). The SMILES string of the molecule is C[Si](C)(C)CCOCn1cc(Br)cc1C=CC(=O)N=[N+]=[N-]. The molecular weight excluding hydrogens is 352 g/mol. The Kier molecular flexibility index (Phi) is 6.90. The van der Waals surface area contributed by atoms with Gasteiger partial charge in [-0.2, -0.15) is 0 Å². The molecule has 0 N–H and O–H groups in total. The summed E-state index contributed by atoms with van der Waals surface area (Å²) in [4.78, 5) is 13.6. The van der Waals surface area contributed by atoms with Gasteiger partial charge >= 0.3 is 0 Å². The molecule has 114 valence electrons. The van der Waals surface area contributed by atoms with E-state index in [0.717, 1.165) is 22.8 Å². The molecule has 0 saturated carbocycles. The van der Waals surface area contributed by atoms with E-state index < -0.39 is 14.0 Å². The van der Waals surface area contributed by atoms with Gasteiger partial charge in [-0.15, -0.1) is 0 Å². The number of nitrogens with zero attached hydrogens (tertiary/aromatic N) is 4. The van der Waals surface area contributed by atoms with Crippen LogP contribution >= 0.6 is 15.9 Å². The quantitative estimate of drug-likeness (QED) is 0.178. The Balaban J connectivity index is 2.63. The first-order chi connectivity index (χ1) is 9.81. The topological polar surface area (TPSA) is 80.0 Å².